The molecule has 0 atom stereocenters. The third-order valence-electron chi connectivity index (χ3n) is 5.38. The molecule has 0 spiro atoms. The molecule has 0 aromatic rings. The highest BCUT2D eigenvalue weighted by atomic mass is 16.7. The van der Waals surface area contributed by atoms with Crippen molar-refractivity contribution in [3.63, 3.8) is 0 Å². The molecule has 29 heavy (non-hydrogen) atoms. The van der Waals surface area contributed by atoms with Gasteiger partial charge in [0, 0.05) is 12.3 Å². The van der Waals surface area contributed by atoms with Gasteiger partial charge in [-0.15, -0.1) is 0 Å². The number of unbranched alkanes of at least 4 members (excludes halogenated alkanes) is 11. The molecule has 170 valence electrons. The molecule has 0 radical (unpaired) electrons. The van der Waals surface area contributed by atoms with Crippen LogP contribution in [0.3, 0.4) is 0 Å². The molecule has 1 aliphatic heterocycles. The van der Waals surface area contributed by atoms with Crippen LogP contribution in [0.1, 0.15) is 111 Å². The summed E-state index contributed by atoms with van der Waals surface area (Å²) in [7, 11) is 0. The van der Waals surface area contributed by atoms with E-state index in [9.17, 15) is 4.79 Å². The van der Waals surface area contributed by atoms with E-state index in [1.165, 1.54) is 70.6 Å². The van der Waals surface area contributed by atoms with Gasteiger partial charge in [-0.25, -0.2) is 0 Å². The van der Waals surface area contributed by atoms with E-state index < -0.39 is 0 Å². The quantitative estimate of drug-likeness (QED) is 0.148. The SMILES string of the molecule is CCCCC/C=C/CCCCCCCCCCC(=O)OC1COC(C(C)C)OC1. The summed E-state index contributed by atoms with van der Waals surface area (Å²) in [6.07, 6.45) is 21.2. The van der Waals surface area contributed by atoms with Crippen LogP contribution < -0.4 is 0 Å². The Balaban J connectivity index is 1.83. The summed E-state index contributed by atoms with van der Waals surface area (Å²) in [6.45, 7) is 7.27. The van der Waals surface area contributed by atoms with Gasteiger partial charge in [0.2, 0.25) is 0 Å². The van der Waals surface area contributed by atoms with Gasteiger partial charge >= 0.3 is 5.97 Å². The number of hydrogen-bond donors (Lipinski definition) is 0. The molecule has 0 aliphatic carbocycles. The lowest BCUT2D eigenvalue weighted by Gasteiger charge is -2.31. The lowest BCUT2D eigenvalue weighted by atomic mass is 10.1. The number of rotatable bonds is 17. The van der Waals surface area contributed by atoms with Gasteiger partial charge in [0.15, 0.2) is 6.29 Å². The Morgan fingerprint density at radius 2 is 1.38 bits per heavy atom. The van der Waals surface area contributed by atoms with E-state index in [0.29, 0.717) is 25.6 Å². The summed E-state index contributed by atoms with van der Waals surface area (Å²) < 4.78 is 16.6. The van der Waals surface area contributed by atoms with Gasteiger partial charge in [-0.3, -0.25) is 4.79 Å². The Morgan fingerprint density at radius 1 is 0.862 bits per heavy atom. The van der Waals surface area contributed by atoms with Crippen LogP contribution >= 0.6 is 0 Å². The van der Waals surface area contributed by atoms with Crippen molar-refractivity contribution < 1.29 is 19.0 Å². The average Bonchev–Trinajstić information content (AvgIpc) is 2.71. The van der Waals surface area contributed by atoms with Crippen molar-refractivity contribution in [2.75, 3.05) is 13.2 Å². The van der Waals surface area contributed by atoms with Crippen LogP contribution in [0.15, 0.2) is 12.2 Å². The molecular weight excluding hydrogens is 364 g/mol. The van der Waals surface area contributed by atoms with Crippen LogP contribution in [0.2, 0.25) is 0 Å². The van der Waals surface area contributed by atoms with E-state index in [0.717, 1.165) is 12.8 Å². The molecule has 0 N–H and O–H groups in total. The first kappa shape index (κ1) is 26.2. The lowest BCUT2D eigenvalue weighted by molar-refractivity contribution is -0.239. The summed E-state index contributed by atoms with van der Waals surface area (Å²) >= 11 is 0. The monoisotopic (exact) mass is 410 g/mol. The van der Waals surface area contributed by atoms with Gasteiger partial charge in [-0.1, -0.05) is 84.3 Å². The van der Waals surface area contributed by atoms with Gasteiger partial charge in [-0.05, 0) is 32.1 Å². The average molecular weight is 411 g/mol. The molecule has 1 saturated heterocycles. The Hall–Kier alpha value is -0.870. The third-order valence-corrected chi connectivity index (χ3v) is 5.38. The number of esters is 1. The maximum Gasteiger partial charge on any atom is 0.306 e. The predicted molar refractivity (Wildman–Crippen MR) is 120 cm³/mol. The summed E-state index contributed by atoms with van der Waals surface area (Å²) in [4.78, 5) is 11.9. The molecule has 1 rings (SSSR count). The van der Waals surface area contributed by atoms with Gasteiger partial charge in [0.05, 0.1) is 13.2 Å². The van der Waals surface area contributed by atoms with Gasteiger partial charge < -0.3 is 14.2 Å². The van der Waals surface area contributed by atoms with E-state index in [2.05, 4.69) is 32.9 Å². The summed E-state index contributed by atoms with van der Waals surface area (Å²) in [6, 6.07) is 0. The number of allylic oxidation sites excluding steroid dienone is 2. The Kier molecular flexibility index (Phi) is 16.2. The van der Waals surface area contributed by atoms with Crippen LogP contribution in [-0.4, -0.2) is 31.6 Å². The molecule has 0 bridgehead atoms. The minimum atomic E-state index is -0.247. The molecule has 1 aliphatic rings. The first-order chi connectivity index (χ1) is 14.1. The zero-order valence-electron chi connectivity index (χ0n) is 19.3. The largest absolute Gasteiger partial charge is 0.457 e. The van der Waals surface area contributed by atoms with Gasteiger partial charge in [0.25, 0.3) is 0 Å². The second kappa shape index (κ2) is 17.9. The molecule has 4 nitrogen and oxygen atoms in total. The molecule has 1 heterocycles. The fourth-order valence-corrected chi connectivity index (χ4v) is 3.54. The van der Waals surface area contributed by atoms with Gasteiger partial charge in [-0.2, -0.15) is 0 Å². The highest BCUT2D eigenvalue weighted by Gasteiger charge is 2.26. The van der Waals surface area contributed by atoms with Crippen LogP contribution in [0, 0.1) is 5.92 Å². The number of hydrogen-bond acceptors (Lipinski definition) is 4. The summed E-state index contributed by atoms with van der Waals surface area (Å²) in [5.41, 5.74) is 0. The summed E-state index contributed by atoms with van der Waals surface area (Å²) in [5.74, 6) is 0.205. The second-order valence-electron chi connectivity index (χ2n) is 8.73. The molecule has 4 heteroatoms. The van der Waals surface area contributed by atoms with Crippen molar-refractivity contribution in [2.24, 2.45) is 5.92 Å². The van der Waals surface area contributed by atoms with Gasteiger partial charge in [0.1, 0.15) is 6.10 Å². The highest BCUT2D eigenvalue weighted by molar-refractivity contribution is 5.69. The number of carbonyl (C=O) groups excluding carboxylic acids is 1. The molecular formula is C25H46O4. The van der Waals surface area contributed by atoms with Crippen LogP contribution in [0.5, 0.6) is 0 Å². The van der Waals surface area contributed by atoms with E-state index in [4.69, 9.17) is 14.2 Å². The Bertz CT molecular complexity index is 411. The van der Waals surface area contributed by atoms with Crippen molar-refractivity contribution in [2.45, 2.75) is 123 Å². The van der Waals surface area contributed by atoms with Crippen LogP contribution in [0.4, 0.5) is 0 Å². The zero-order valence-corrected chi connectivity index (χ0v) is 19.3. The van der Waals surface area contributed by atoms with Crippen molar-refractivity contribution in [1.82, 2.24) is 0 Å². The normalized spacial score (nSPS) is 19.9. The third kappa shape index (κ3) is 14.7. The maximum atomic E-state index is 11.9. The van der Waals surface area contributed by atoms with Crippen LogP contribution in [0.25, 0.3) is 0 Å². The molecule has 0 amide bonds. The van der Waals surface area contributed by atoms with E-state index >= 15 is 0 Å². The van der Waals surface area contributed by atoms with Crippen molar-refractivity contribution in [3.05, 3.63) is 12.2 Å². The molecule has 0 aromatic heterocycles. The van der Waals surface area contributed by atoms with Crippen molar-refractivity contribution in [3.8, 4) is 0 Å². The maximum absolute atomic E-state index is 11.9. The second-order valence-corrected chi connectivity index (χ2v) is 8.73. The first-order valence-corrected chi connectivity index (χ1v) is 12.2. The highest BCUT2D eigenvalue weighted by Crippen LogP contribution is 2.16. The minimum Gasteiger partial charge on any atom is -0.457 e. The molecule has 1 fully saturated rings. The molecule has 0 aromatic carbocycles. The Morgan fingerprint density at radius 3 is 1.93 bits per heavy atom. The lowest BCUT2D eigenvalue weighted by Crippen LogP contribution is -2.40. The first-order valence-electron chi connectivity index (χ1n) is 12.2. The fraction of sp³-hybridized carbons (Fsp3) is 0.880. The van der Waals surface area contributed by atoms with Crippen molar-refractivity contribution in [1.29, 1.82) is 0 Å². The van der Waals surface area contributed by atoms with E-state index in [-0.39, 0.29) is 18.4 Å². The standard InChI is InChI=1S/C25H46O4/c1-4-5-6-7-8-9-10-11-12-13-14-15-16-17-18-19-24(26)29-23-20-27-25(22(2)3)28-21-23/h8-9,22-23,25H,4-7,10-21H2,1-3H3/b9-8+. The number of carbonyl (C=O) groups is 1. The molecule has 0 saturated carbocycles. The Labute approximate surface area is 179 Å². The van der Waals surface area contributed by atoms with E-state index in [1.54, 1.807) is 0 Å². The summed E-state index contributed by atoms with van der Waals surface area (Å²) in [5, 5.41) is 0. The topological polar surface area (TPSA) is 44.8 Å². The van der Waals surface area contributed by atoms with Crippen LogP contribution in [-0.2, 0) is 19.0 Å². The zero-order chi connectivity index (χ0) is 21.2. The molecule has 0 unspecified atom stereocenters. The van der Waals surface area contributed by atoms with E-state index in [1.807, 2.05) is 0 Å². The predicted octanol–water partition coefficient (Wildman–Crippen LogP) is 6.96. The number of ether oxygens (including phenoxy) is 3. The smallest absolute Gasteiger partial charge is 0.306 e. The fourth-order valence-electron chi connectivity index (χ4n) is 3.54. The van der Waals surface area contributed by atoms with Crippen molar-refractivity contribution >= 4 is 5.97 Å². The minimum absolute atomic E-state index is 0.118.